The van der Waals surface area contributed by atoms with Gasteiger partial charge in [-0.1, -0.05) is 0 Å². The fraction of sp³-hybridized carbons (Fsp3) is 0.350. The zero-order chi connectivity index (χ0) is 18.8. The van der Waals surface area contributed by atoms with Crippen molar-refractivity contribution >= 4 is 0 Å². The van der Waals surface area contributed by atoms with Crippen molar-refractivity contribution in [2.24, 2.45) is 7.05 Å². The summed E-state index contributed by atoms with van der Waals surface area (Å²) in [5.74, 6) is 0.662. The molecule has 1 aliphatic rings. The second kappa shape index (κ2) is 7.44. The van der Waals surface area contributed by atoms with Crippen LogP contribution in [0.5, 0.6) is 11.6 Å². The zero-order valence-electron chi connectivity index (χ0n) is 15.5. The van der Waals surface area contributed by atoms with E-state index in [0.29, 0.717) is 11.6 Å². The lowest BCUT2D eigenvalue weighted by molar-refractivity contribution is 0.242. The summed E-state index contributed by atoms with van der Waals surface area (Å²) in [6.45, 7) is 3.90. The third-order valence-corrected chi connectivity index (χ3v) is 4.86. The van der Waals surface area contributed by atoms with Crippen LogP contribution in [0.2, 0.25) is 0 Å². The van der Waals surface area contributed by atoms with Crippen LogP contribution in [0.15, 0.2) is 42.9 Å². The van der Waals surface area contributed by atoms with Gasteiger partial charge in [0.05, 0.1) is 29.8 Å². The van der Waals surface area contributed by atoms with E-state index in [4.69, 9.17) is 4.74 Å². The van der Waals surface area contributed by atoms with Crippen LogP contribution < -0.4 is 4.74 Å². The molecule has 3 aromatic rings. The van der Waals surface area contributed by atoms with Crippen molar-refractivity contribution in [1.82, 2.24) is 24.6 Å². The fourth-order valence-electron chi connectivity index (χ4n) is 3.57. The first-order valence-electron chi connectivity index (χ1n) is 9.07. The van der Waals surface area contributed by atoms with Crippen molar-refractivity contribution in [2.45, 2.75) is 32.4 Å². The molecule has 0 aliphatic carbocycles. The predicted molar refractivity (Wildman–Crippen MR) is 98.8 cm³/mol. The minimum Gasteiger partial charge on any atom is -0.437 e. The number of aromatic nitrogens is 4. The van der Waals surface area contributed by atoms with Gasteiger partial charge in [0.1, 0.15) is 11.6 Å². The summed E-state index contributed by atoms with van der Waals surface area (Å²) in [6, 6.07) is 6.09. The van der Waals surface area contributed by atoms with E-state index in [9.17, 15) is 4.39 Å². The molecule has 140 valence electrons. The van der Waals surface area contributed by atoms with Crippen LogP contribution >= 0.6 is 0 Å². The summed E-state index contributed by atoms with van der Waals surface area (Å²) < 4.78 is 20.6. The van der Waals surface area contributed by atoms with Crippen LogP contribution in [-0.2, 0) is 13.6 Å². The molecule has 0 amide bonds. The fourth-order valence-corrected chi connectivity index (χ4v) is 3.57. The van der Waals surface area contributed by atoms with Gasteiger partial charge in [-0.25, -0.2) is 9.37 Å². The zero-order valence-corrected chi connectivity index (χ0v) is 15.5. The maximum atomic E-state index is 13.1. The molecule has 2 aromatic heterocycles. The number of hydrogen-bond acceptors (Lipinski definition) is 5. The lowest BCUT2D eigenvalue weighted by atomic mass is 10.1. The molecule has 0 N–H and O–H groups in total. The minimum absolute atomic E-state index is 0.203. The van der Waals surface area contributed by atoms with Gasteiger partial charge in [-0.2, -0.15) is 5.10 Å². The first kappa shape index (κ1) is 17.6. The van der Waals surface area contributed by atoms with Crippen molar-refractivity contribution < 1.29 is 9.13 Å². The number of nitrogens with zero attached hydrogens (tertiary/aromatic N) is 5. The number of hydrogen-bond donors (Lipinski definition) is 0. The highest BCUT2D eigenvalue weighted by molar-refractivity contribution is 5.27. The van der Waals surface area contributed by atoms with E-state index in [2.05, 4.69) is 26.2 Å². The smallest absolute Gasteiger partial charge is 0.238 e. The third-order valence-electron chi connectivity index (χ3n) is 4.86. The Hall–Kier alpha value is -2.80. The van der Waals surface area contributed by atoms with Gasteiger partial charge in [0.25, 0.3) is 0 Å². The van der Waals surface area contributed by atoms with Crippen LogP contribution in [0.3, 0.4) is 0 Å². The van der Waals surface area contributed by atoms with E-state index in [1.807, 2.05) is 18.7 Å². The Bertz CT molecular complexity index is 924. The van der Waals surface area contributed by atoms with E-state index >= 15 is 0 Å². The first-order valence-corrected chi connectivity index (χ1v) is 9.07. The Morgan fingerprint density at radius 2 is 2.04 bits per heavy atom. The molecule has 0 saturated carbocycles. The number of halogens is 1. The molecule has 27 heavy (non-hydrogen) atoms. The van der Waals surface area contributed by atoms with Crippen molar-refractivity contribution in [2.75, 3.05) is 6.54 Å². The van der Waals surface area contributed by atoms with Crippen LogP contribution in [0.4, 0.5) is 4.39 Å². The maximum Gasteiger partial charge on any atom is 0.238 e. The number of benzene rings is 1. The van der Waals surface area contributed by atoms with Crippen molar-refractivity contribution in [3.05, 3.63) is 65.6 Å². The quantitative estimate of drug-likeness (QED) is 0.687. The van der Waals surface area contributed by atoms with E-state index in [-0.39, 0.29) is 11.9 Å². The van der Waals surface area contributed by atoms with Crippen LogP contribution in [0, 0.1) is 12.7 Å². The Morgan fingerprint density at radius 3 is 2.78 bits per heavy atom. The molecule has 1 aliphatic heterocycles. The summed E-state index contributed by atoms with van der Waals surface area (Å²) in [7, 11) is 1.94. The van der Waals surface area contributed by atoms with Crippen molar-refractivity contribution in [3.63, 3.8) is 0 Å². The predicted octanol–water partition coefficient (Wildman–Crippen LogP) is 3.79. The van der Waals surface area contributed by atoms with Crippen molar-refractivity contribution in [1.29, 1.82) is 0 Å². The molecule has 0 spiro atoms. The first-order chi connectivity index (χ1) is 13.1. The normalized spacial score (nSPS) is 17.4. The van der Waals surface area contributed by atoms with Crippen LogP contribution in [-0.4, -0.2) is 31.2 Å². The third kappa shape index (κ3) is 3.98. The molecule has 0 radical (unpaired) electrons. The van der Waals surface area contributed by atoms with Gasteiger partial charge in [-0.05, 0) is 50.6 Å². The molecule has 1 saturated heterocycles. The standard InChI is InChI=1S/C20H22FN5O/c1-14-15(12-25(2)24-14)13-26-9-3-4-19(26)18-10-22-11-20(23-18)27-17-7-5-16(21)6-8-17/h5-8,10-12,19H,3-4,9,13H2,1-2H3/t19-/m0/s1. The van der Waals surface area contributed by atoms with Crippen molar-refractivity contribution in [3.8, 4) is 11.6 Å². The molecule has 3 heterocycles. The number of aryl methyl sites for hydroxylation is 2. The van der Waals surface area contributed by atoms with Gasteiger partial charge >= 0.3 is 0 Å². The monoisotopic (exact) mass is 367 g/mol. The Morgan fingerprint density at radius 1 is 1.22 bits per heavy atom. The molecular weight excluding hydrogens is 345 g/mol. The lowest BCUT2D eigenvalue weighted by Gasteiger charge is -2.23. The summed E-state index contributed by atoms with van der Waals surface area (Å²) in [6.07, 6.45) is 7.61. The largest absolute Gasteiger partial charge is 0.437 e. The molecule has 7 heteroatoms. The van der Waals surface area contributed by atoms with Gasteiger partial charge in [-0.15, -0.1) is 0 Å². The SMILES string of the molecule is Cc1nn(C)cc1CN1CCC[C@H]1c1cncc(Oc2ccc(F)cc2)n1. The Kier molecular flexibility index (Phi) is 4.85. The number of ether oxygens (including phenoxy) is 1. The minimum atomic E-state index is -0.297. The molecule has 4 rings (SSSR count). The molecule has 0 unspecified atom stereocenters. The van der Waals surface area contributed by atoms with E-state index in [1.165, 1.54) is 17.7 Å². The van der Waals surface area contributed by atoms with Gasteiger partial charge in [0, 0.05) is 25.4 Å². The maximum absolute atomic E-state index is 13.1. The second-order valence-electron chi connectivity index (χ2n) is 6.88. The molecule has 1 fully saturated rings. The highest BCUT2D eigenvalue weighted by Gasteiger charge is 2.28. The van der Waals surface area contributed by atoms with E-state index < -0.39 is 0 Å². The Labute approximate surface area is 157 Å². The van der Waals surface area contributed by atoms with Gasteiger partial charge in [0.2, 0.25) is 5.88 Å². The lowest BCUT2D eigenvalue weighted by Crippen LogP contribution is -2.23. The topological polar surface area (TPSA) is 56.1 Å². The van der Waals surface area contributed by atoms with E-state index in [0.717, 1.165) is 37.3 Å². The summed E-state index contributed by atoms with van der Waals surface area (Å²) in [5.41, 5.74) is 3.19. The van der Waals surface area contributed by atoms with Crippen LogP contribution in [0.25, 0.3) is 0 Å². The summed E-state index contributed by atoms with van der Waals surface area (Å²) >= 11 is 0. The van der Waals surface area contributed by atoms with Gasteiger partial charge in [-0.3, -0.25) is 14.6 Å². The van der Waals surface area contributed by atoms with Gasteiger partial charge < -0.3 is 4.74 Å². The molecule has 1 aromatic carbocycles. The number of likely N-dealkylation sites (tertiary alicyclic amines) is 1. The number of rotatable bonds is 5. The average molecular weight is 367 g/mol. The summed E-state index contributed by atoms with van der Waals surface area (Å²) in [5, 5.41) is 4.43. The molecule has 1 atom stereocenters. The Balaban J connectivity index is 1.51. The summed E-state index contributed by atoms with van der Waals surface area (Å²) in [4.78, 5) is 11.4. The van der Waals surface area contributed by atoms with Crippen LogP contribution in [0.1, 0.15) is 35.8 Å². The molecule has 6 nitrogen and oxygen atoms in total. The van der Waals surface area contributed by atoms with E-state index in [1.54, 1.807) is 24.5 Å². The highest BCUT2D eigenvalue weighted by Crippen LogP contribution is 2.33. The highest BCUT2D eigenvalue weighted by atomic mass is 19.1. The second-order valence-corrected chi connectivity index (χ2v) is 6.88. The van der Waals surface area contributed by atoms with Gasteiger partial charge in [0.15, 0.2) is 0 Å². The molecule has 0 bridgehead atoms. The molecular formula is C20H22FN5O. The average Bonchev–Trinajstić information content (AvgIpc) is 3.24.